The van der Waals surface area contributed by atoms with E-state index in [1.54, 1.807) is 19.6 Å². The standard InChI is InChI=1S/C8H7BrN2O/c1-12-8-2-6-3-10-5-11(6)4-7(8)9/h2-5H,1H3. The summed E-state index contributed by atoms with van der Waals surface area (Å²) >= 11 is 3.39. The van der Waals surface area contributed by atoms with Crippen LogP contribution in [-0.2, 0) is 0 Å². The van der Waals surface area contributed by atoms with Gasteiger partial charge < -0.3 is 9.14 Å². The maximum atomic E-state index is 5.13. The molecule has 0 saturated heterocycles. The highest BCUT2D eigenvalue weighted by molar-refractivity contribution is 9.10. The summed E-state index contributed by atoms with van der Waals surface area (Å²) in [4.78, 5) is 4.00. The van der Waals surface area contributed by atoms with Crippen LogP contribution in [0, 0.1) is 0 Å². The number of hydrogen-bond acceptors (Lipinski definition) is 2. The summed E-state index contributed by atoms with van der Waals surface area (Å²) in [5, 5.41) is 0. The Morgan fingerprint density at radius 2 is 2.42 bits per heavy atom. The molecular weight excluding hydrogens is 220 g/mol. The Kier molecular flexibility index (Phi) is 1.77. The van der Waals surface area contributed by atoms with Crippen molar-refractivity contribution in [1.29, 1.82) is 0 Å². The number of methoxy groups -OCH3 is 1. The molecule has 0 bridgehead atoms. The lowest BCUT2D eigenvalue weighted by molar-refractivity contribution is 0.412. The first-order valence-electron chi connectivity index (χ1n) is 3.46. The van der Waals surface area contributed by atoms with Crippen molar-refractivity contribution in [2.75, 3.05) is 7.11 Å². The Morgan fingerprint density at radius 1 is 1.58 bits per heavy atom. The van der Waals surface area contributed by atoms with Crippen LogP contribution < -0.4 is 4.74 Å². The van der Waals surface area contributed by atoms with Crippen molar-refractivity contribution >= 4 is 21.4 Å². The van der Waals surface area contributed by atoms with Crippen molar-refractivity contribution in [1.82, 2.24) is 9.38 Å². The lowest BCUT2D eigenvalue weighted by Gasteiger charge is -2.02. The van der Waals surface area contributed by atoms with Crippen molar-refractivity contribution in [2.24, 2.45) is 0 Å². The van der Waals surface area contributed by atoms with Crippen molar-refractivity contribution in [3.63, 3.8) is 0 Å². The van der Waals surface area contributed by atoms with Gasteiger partial charge >= 0.3 is 0 Å². The van der Waals surface area contributed by atoms with Crippen LogP contribution in [0.3, 0.4) is 0 Å². The summed E-state index contributed by atoms with van der Waals surface area (Å²) in [5.41, 5.74) is 1.02. The van der Waals surface area contributed by atoms with Crippen LogP contribution in [0.4, 0.5) is 0 Å². The third-order valence-electron chi connectivity index (χ3n) is 1.68. The number of hydrogen-bond donors (Lipinski definition) is 0. The monoisotopic (exact) mass is 226 g/mol. The molecule has 2 heterocycles. The zero-order chi connectivity index (χ0) is 8.55. The maximum absolute atomic E-state index is 5.13. The molecule has 0 spiro atoms. The summed E-state index contributed by atoms with van der Waals surface area (Å²) < 4.78 is 7.98. The number of ether oxygens (including phenoxy) is 1. The molecule has 0 amide bonds. The molecule has 2 aromatic rings. The second-order valence-corrected chi connectivity index (χ2v) is 3.27. The number of halogens is 1. The molecule has 0 fully saturated rings. The van der Waals surface area contributed by atoms with Crippen LogP contribution in [0.1, 0.15) is 0 Å². The van der Waals surface area contributed by atoms with Gasteiger partial charge in [-0.25, -0.2) is 4.98 Å². The van der Waals surface area contributed by atoms with E-state index in [1.807, 2.05) is 16.7 Å². The first kappa shape index (κ1) is 7.61. The lowest BCUT2D eigenvalue weighted by atomic mass is 10.4. The van der Waals surface area contributed by atoms with E-state index in [9.17, 15) is 0 Å². The molecule has 12 heavy (non-hydrogen) atoms. The summed E-state index contributed by atoms with van der Waals surface area (Å²) in [6.45, 7) is 0. The normalized spacial score (nSPS) is 10.5. The second-order valence-electron chi connectivity index (χ2n) is 2.42. The van der Waals surface area contributed by atoms with Crippen LogP contribution in [0.2, 0.25) is 0 Å². The zero-order valence-corrected chi connectivity index (χ0v) is 8.08. The van der Waals surface area contributed by atoms with Crippen LogP contribution in [-0.4, -0.2) is 16.5 Å². The minimum atomic E-state index is 0.822. The first-order chi connectivity index (χ1) is 5.81. The fourth-order valence-corrected chi connectivity index (χ4v) is 1.58. The SMILES string of the molecule is COc1cc2cncn2cc1Br. The number of imidazole rings is 1. The van der Waals surface area contributed by atoms with E-state index in [1.165, 1.54) is 0 Å². The molecule has 4 heteroatoms. The van der Waals surface area contributed by atoms with Gasteiger partial charge in [-0.1, -0.05) is 0 Å². The average Bonchev–Trinajstić information content (AvgIpc) is 2.49. The molecule has 0 unspecified atom stereocenters. The van der Waals surface area contributed by atoms with Gasteiger partial charge in [0.15, 0.2) is 0 Å². The summed E-state index contributed by atoms with van der Waals surface area (Å²) in [6.07, 6.45) is 5.45. The number of aromatic nitrogens is 2. The highest BCUT2D eigenvalue weighted by Crippen LogP contribution is 2.25. The second kappa shape index (κ2) is 2.79. The topological polar surface area (TPSA) is 26.5 Å². The Balaban J connectivity index is 2.73. The van der Waals surface area contributed by atoms with Crippen molar-refractivity contribution < 1.29 is 4.74 Å². The Bertz CT molecular complexity index is 410. The minimum Gasteiger partial charge on any atom is -0.495 e. The zero-order valence-electron chi connectivity index (χ0n) is 6.49. The third kappa shape index (κ3) is 1.08. The largest absolute Gasteiger partial charge is 0.495 e. The molecular formula is C8H7BrN2O. The van der Waals surface area contributed by atoms with Gasteiger partial charge in [-0.05, 0) is 15.9 Å². The van der Waals surface area contributed by atoms with Crippen LogP contribution >= 0.6 is 15.9 Å². The number of rotatable bonds is 1. The third-order valence-corrected chi connectivity index (χ3v) is 2.28. The molecule has 0 aromatic carbocycles. The van der Waals surface area contributed by atoms with E-state index in [4.69, 9.17) is 4.74 Å². The molecule has 0 saturated carbocycles. The van der Waals surface area contributed by atoms with Gasteiger partial charge in [-0.2, -0.15) is 0 Å². The minimum absolute atomic E-state index is 0.822. The molecule has 0 aliphatic carbocycles. The molecule has 0 radical (unpaired) electrons. The van der Waals surface area contributed by atoms with E-state index in [2.05, 4.69) is 20.9 Å². The van der Waals surface area contributed by atoms with Gasteiger partial charge in [0.05, 0.1) is 29.6 Å². The summed E-state index contributed by atoms with van der Waals surface area (Å²) in [6, 6.07) is 1.93. The van der Waals surface area contributed by atoms with Crippen LogP contribution in [0.25, 0.3) is 5.52 Å². The smallest absolute Gasteiger partial charge is 0.136 e. The molecule has 0 atom stereocenters. The number of pyridine rings is 1. The van der Waals surface area contributed by atoms with Crippen LogP contribution in [0.5, 0.6) is 5.75 Å². The Labute approximate surface area is 78.1 Å². The van der Waals surface area contributed by atoms with E-state index in [0.717, 1.165) is 15.7 Å². The van der Waals surface area contributed by atoms with Gasteiger partial charge in [0, 0.05) is 12.3 Å². The molecule has 0 aliphatic heterocycles. The molecule has 3 nitrogen and oxygen atoms in total. The van der Waals surface area contributed by atoms with Gasteiger partial charge in [0.2, 0.25) is 0 Å². The average molecular weight is 227 g/mol. The predicted molar refractivity (Wildman–Crippen MR) is 49.4 cm³/mol. The fraction of sp³-hybridized carbons (Fsp3) is 0.125. The van der Waals surface area contributed by atoms with E-state index >= 15 is 0 Å². The molecule has 2 rings (SSSR count). The van der Waals surface area contributed by atoms with Gasteiger partial charge in [0.1, 0.15) is 5.75 Å². The van der Waals surface area contributed by atoms with Crippen molar-refractivity contribution in [3.05, 3.63) is 29.3 Å². The fourth-order valence-electron chi connectivity index (χ4n) is 1.08. The molecule has 2 aromatic heterocycles. The van der Waals surface area contributed by atoms with Crippen LogP contribution in [0.15, 0.2) is 29.3 Å². The molecule has 0 N–H and O–H groups in total. The molecule has 62 valence electrons. The quantitative estimate of drug-likeness (QED) is 0.745. The Hall–Kier alpha value is -1.03. The maximum Gasteiger partial charge on any atom is 0.136 e. The van der Waals surface area contributed by atoms with Gasteiger partial charge in [0.25, 0.3) is 0 Å². The number of nitrogens with zero attached hydrogens (tertiary/aromatic N) is 2. The van der Waals surface area contributed by atoms with Crippen molar-refractivity contribution in [2.45, 2.75) is 0 Å². The summed E-state index contributed by atoms with van der Waals surface area (Å²) in [7, 11) is 1.65. The van der Waals surface area contributed by atoms with E-state index < -0.39 is 0 Å². The molecule has 0 aliphatic rings. The highest BCUT2D eigenvalue weighted by atomic mass is 79.9. The first-order valence-corrected chi connectivity index (χ1v) is 4.26. The van der Waals surface area contributed by atoms with E-state index in [0.29, 0.717) is 0 Å². The van der Waals surface area contributed by atoms with Crippen molar-refractivity contribution in [3.8, 4) is 5.75 Å². The Morgan fingerprint density at radius 3 is 3.17 bits per heavy atom. The van der Waals surface area contributed by atoms with E-state index in [-0.39, 0.29) is 0 Å². The highest BCUT2D eigenvalue weighted by Gasteiger charge is 2.01. The lowest BCUT2D eigenvalue weighted by Crippen LogP contribution is -1.87. The van der Waals surface area contributed by atoms with Gasteiger partial charge in [-0.15, -0.1) is 0 Å². The number of fused-ring (bicyclic) bond motifs is 1. The summed E-state index contributed by atoms with van der Waals surface area (Å²) in [5.74, 6) is 0.822. The predicted octanol–water partition coefficient (Wildman–Crippen LogP) is 2.11. The van der Waals surface area contributed by atoms with Gasteiger partial charge in [-0.3, -0.25) is 0 Å².